The lowest BCUT2D eigenvalue weighted by Crippen LogP contribution is -2.39. The van der Waals surface area contributed by atoms with Gasteiger partial charge in [-0.15, -0.1) is 6.58 Å². The maximum absolute atomic E-state index is 13.0. The molecule has 2 aromatic heterocycles. The number of hydrogen-bond acceptors (Lipinski definition) is 5. The minimum absolute atomic E-state index is 0.164. The zero-order valence-electron chi connectivity index (χ0n) is 16.3. The maximum atomic E-state index is 13.0. The zero-order valence-corrected chi connectivity index (χ0v) is 16.3. The van der Waals surface area contributed by atoms with E-state index in [1.807, 2.05) is 29.7 Å². The van der Waals surface area contributed by atoms with E-state index < -0.39 is 5.69 Å². The van der Waals surface area contributed by atoms with E-state index in [-0.39, 0.29) is 12.1 Å². The van der Waals surface area contributed by atoms with Crippen LogP contribution in [0.25, 0.3) is 11.2 Å². The molecule has 8 nitrogen and oxygen atoms in total. The average molecular weight is 381 g/mol. The maximum Gasteiger partial charge on any atom is 0.332 e. The summed E-state index contributed by atoms with van der Waals surface area (Å²) in [6.07, 6.45) is 2.39. The number of hydrogen-bond donors (Lipinski definition) is 0. The molecule has 4 rings (SSSR count). The SMILES string of the molecule is C=CCn1c(=O)c2c(nc3n2CCCN3c2cc(C)ccc2OC)n(C)c1=O. The van der Waals surface area contributed by atoms with Crippen LogP contribution in [-0.4, -0.2) is 32.3 Å². The lowest BCUT2D eigenvalue weighted by Gasteiger charge is -2.30. The summed E-state index contributed by atoms with van der Waals surface area (Å²) in [4.78, 5) is 32.4. The molecule has 0 radical (unpaired) electrons. The number of fused-ring (bicyclic) bond motifs is 3. The van der Waals surface area contributed by atoms with Crippen LogP contribution in [0.5, 0.6) is 5.75 Å². The van der Waals surface area contributed by atoms with Gasteiger partial charge in [-0.25, -0.2) is 4.79 Å². The Kier molecular flexibility index (Phi) is 4.33. The Morgan fingerprint density at radius 1 is 1.29 bits per heavy atom. The van der Waals surface area contributed by atoms with Crippen LogP contribution in [-0.2, 0) is 20.1 Å². The molecule has 0 aliphatic carbocycles. The summed E-state index contributed by atoms with van der Waals surface area (Å²) < 4.78 is 10.1. The van der Waals surface area contributed by atoms with Gasteiger partial charge in [-0.2, -0.15) is 4.98 Å². The number of imidazole rings is 1. The van der Waals surface area contributed by atoms with E-state index in [4.69, 9.17) is 9.72 Å². The lowest BCUT2D eigenvalue weighted by molar-refractivity contribution is 0.414. The van der Waals surface area contributed by atoms with Gasteiger partial charge in [0.1, 0.15) is 5.75 Å². The van der Waals surface area contributed by atoms with Crippen molar-refractivity contribution in [3.63, 3.8) is 0 Å². The quantitative estimate of drug-likeness (QED) is 0.646. The minimum Gasteiger partial charge on any atom is -0.495 e. The number of allylic oxidation sites excluding steroid dienone is 1. The fourth-order valence-electron chi connectivity index (χ4n) is 3.79. The second kappa shape index (κ2) is 6.70. The molecule has 0 bridgehead atoms. The molecule has 3 heterocycles. The van der Waals surface area contributed by atoms with Crippen molar-refractivity contribution < 1.29 is 4.74 Å². The van der Waals surface area contributed by atoms with Crippen LogP contribution >= 0.6 is 0 Å². The molecular formula is C20H23N5O3. The first kappa shape index (κ1) is 18.1. The van der Waals surface area contributed by atoms with Gasteiger partial charge in [0.2, 0.25) is 5.95 Å². The predicted molar refractivity (Wildman–Crippen MR) is 109 cm³/mol. The van der Waals surface area contributed by atoms with Crippen LogP contribution < -0.4 is 20.9 Å². The van der Waals surface area contributed by atoms with Gasteiger partial charge in [0.05, 0.1) is 12.8 Å². The molecule has 0 unspecified atom stereocenters. The Morgan fingerprint density at radius 3 is 2.79 bits per heavy atom. The molecule has 0 saturated heterocycles. The highest BCUT2D eigenvalue weighted by Gasteiger charge is 2.28. The fraction of sp³-hybridized carbons (Fsp3) is 0.350. The molecule has 1 aliphatic rings. The third-order valence-corrected chi connectivity index (χ3v) is 5.15. The molecule has 0 atom stereocenters. The average Bonchev–Trinajstić information content (AvgIpc) is 3.09. The number of ether oxygens (including phenoxy) is 1. The van der Waals surface area contributed by atoms with Gasteiger partial charge in [0.25, 0.3) is 5.56 Å². The van der Waals surface area contributed by atoms with Gasteiger partial charge in [-0.05, 0) is 31.0 Å². The second-order valence-electron chi connectivity index (χ2n) is 6.96. The van der Waals surface area contributed by atoms with Crippen LogP contribution in [0.15, 0.2) is 40.4 Å². The van der Waals surface area contributed by atoms with Crippen molar-refractivity contribution in [1.29, 1.82) is 0 Å². The largest absolute Gasteiger partial charge is 0.495 e. The molecule has 1 aliphatic heterocycles. The normalized spacial score (nSPS) is 13.6. The minimum atomic E-state index is -0.396. The molecule has 8 heteroatoms. The molecule has 0 amide bonds. The summed E-state index contributed by atoms with van der Waals surface area (Å²) in [6, 6.07) is 5.97. The van der Waals surface area contributed by atoms with E-state index in [2.05, 4.69) is 11.5 Å². The number of anilines is 2. The Morgan fingerprint density at radius 2 is 2.07 bits per heavy atom. The van der Waals surface area contributed by atoms with Crippen LogP contribution in [0.1, 0.15) is 12.0 Å². The third kappa shape index (κ3) is 2.56. The lowest BCUT2D eigenvalue weighted by atomic mass is 10.1. The van der Waals surface area contributed by atoms with Gasteiger partial charge in [0, 0.05) is 26.7 Å². The fourth-order valence-corrected chi connectivity index (χ4v) is 3.79. The van der Waals surface area contributed by atoms with Crippen molar-refractivity contribution in [3.05, 3.63) is 57.3 Å². The number of aromatic nitrogens is 4. The molecule has 3 aromatic rings. The first-order valence-corrected chi connectivity index (χ1v) is 9.21. The van der Waals surface area contributed by atoms with Crippen LogP contribution in [0.4, 0.5) is 11.6 Å². The van der Waals surface area contributed by atoms with Gasteiger partial charge >= 0.3 is 5.69 Å². The summed E-state index contributed by atoms with van der Waals surface area (Å²) in [5.41, 5.74) is 2.10. The van der Waals surface area contributed by atoms with E-state index in [9.17, 15) is 9.59 Å². The van der Waals surface area contributed by atoms with Crippen molar-refractivity contribution in [1.82, 2.24) is 18.7 Å². The summed E-state index contributed by atoms with van der Waals surface area (Å²) >= 11 is 0. The monoisotopic (exact) mass is 381 g/mol. The van der Waals surface area contributed by atoms with Crippen LogP contribution in [0, 0.1) is 6.92 Å². The Balaban J connectivity index is 2.02. The second-order valence-corrected chi connectivity index (χ2v) is 6.96. The van der Waals surface area contributed by atoms with E-state index >= 15 is 0 Å². The van der Waals surface area contributed by atoms with Crippen LogP contribution in [0.3, 0.4) is 0 Å². The van der Waals surface area contributed by atoms with Crippen molar-refractivity contribution in [2.45, 2.75) is 26.4 Å². The van der Waals surface area contributed by atoms with Crippen molar-refractivity contribution >= 4 is 22.8 Å². The molecule has 1 aromatic carbocycles. The number of nitrogens with zero attached hydrogens (tertiary/aromatic N) is 5. The Bertz CT molecular complexity index is 1200. The number of methoxy groups -OCH3 is 1. The van der Waals surface area contributed by atoms with Gasteiger partial charge in [-0.3, -0.25) is 13.9 Å². The highest BCUT2D eigenvalue weighted by molar-refractivity contribution is 5.78. The highest BCUT2D eigenvalue weighted by atomic mass is 16.5. The van der Waals surface area contributed by atoms with Crippen molar-refractivity contribution in [3.8, 4) is 5.75 Å². The van der Waals surface area contributed by atoms with E-state index in [1.54, 1.807) is 20.2 Å². The Hall–Kier alpha value is -3.29. The zero-order chi connectivity index (χ0) is 20.0. The third-order valence-electron chi connectivity index (χ3n) is 5.15. The van der Waals surface area contributed by atoms with E-state index in [1.165, 1.54) is 9.13 Å². The van der Waals surface area contributed by atoms with Gasteiger partial charge < -0.3 is 14.2 Å². The summed E-state index contributed by atoms with van der Waals surface area (Å²) in [6.45, 7) is 7.25. The molecule has 0 N–H and O–H groups in total. The highest BCUT2D eigenvalue weighted by Crippen LogP contribution is 2.37. The summed E-state index contributed by atoms with van der Waals surface area (Å²) in [5.74, 6) is 1.39. The van der Waals surface area contributed by atoms with Gasteiger partial charge in [0.15, 0.2) is 11.2 Å². The van der Waals surface area contributed by atoms with E-state index in [0.29, 0.717) is 23.7 Å². The van der Waals surface area contributed by atoms with Gasteiger partial charge in [-0.1, -0.05) is 12.1 Å². The molecule has 146 valence electrons. The molecule has 0 spiro atoms. The molecule has 28 heavy (non-hydrogen) atoms. The predicted octanol–water partition coefficient (Wildman–Crippen LogP) is 1.94. The first-order chi connectivity index (χ1) is 13.5. The summed E-state index contributed by atoms with van der Waals surface area (Å²) in [7, 11) is 3.28. The number of benzene rings is 1. The first-order valence-electron chi connectivity index (χ1n) is 9.21. The summed E-state index contributed by atoms with van der Waals surface area (Å²) in [5, 5.41) is 0. The molecular weight excluding hydrogens is 358 g/mol. The van der Waals surface area contributed by atoms with E-state index in [0.717, 1.165) is 30.0 Å². The Labute approximate surface area is 161 Å². The number of rotatable bonds is 4. The topological polar surface area (TPSA) is 74.3 Å². The van der Waals surface area contributed by atoms with Crippen LogP contribution in [0.2, 0.25) is 0 Å². The smallest absolute Gasteiger partial charge is 0.332 e. The molecule has 0 fully saturated rings. The standard InChI is InChI=1S/C20H23N5O3/c1-5-9-25-18(26)16-17(22(3)20(25)27)21-19-23(10-6-11-24(16)19)14-12-13(2)7-8-15(14)28-4/h5,7-8,12H,1,6,9-11H2,2-4H3. The van der Waals surface area contributed by atoms with Crippen molar-refractivity contribution in [2.24, 2.45) is 7.05 Å². The van der Waals surface area contributed by atoms with Crippen molar-refractivity contribution in [2.75, 3.05) is 18.6 Å². The number of aryl methyl sites for hydroxylation is 3. The molecule has 0 saturated carbocycles.